The van der Waals surface area contributed by atoms with Crippen LogP contribution in [-0.4, -0.2) is 25.1 Å². The van der Waals surface area contributed by atoms with Gasteiger partial charge in [-0.2, -0.15) is 0 Å². The molecule has 0 aliphatic carbocycles. The largest absolute Gasteiger partial charge is 0.497 e. The van der Waals surface area contributed by atoms with Gasteiger partial charge in [-0.05, 0) is 35.9 Å². The Hall–Kier alpha value is -3.61. The van der Waals surface area contributed by atoms with Crippen molar-refractivity contribution < 1.29 is 18.7 Å². The first-order valence-corrected chi connectivity index (χ1v) is 8.57. The molecule has 0 fully saturated rings. The van der Waals surface area contributed by atoms with E-state index < -0.39 is 5.82 Å². The van der Waals surface area contributed by atoms with Gasteiger partial charge in [0, 0.05) is 6.07 Å². The lowest BCUT2D eigenvalue weighted by atomic mass is 10.1. The van der Waals surface area contributed by atoms with E-state index in [2.05, 4.69) is 15.6 Å². The number of rotatable bonds is 7. The molecule has 1 heterocycles. The van der Waals surface area contributed by atoms with Crippen LogP contribution >= 0.6 is 0 Å². The van der Waals surface area contributed by atoms with E-state index in [1.54, 1.807) is 62.9 Å². The number of halogens is 1. The van der Waals surface area contributed by atoms with Crippen LogP contribution in [0, 0.1) is 5.82 Å². The van der Waals surface area contributed by atoms with Crippen LogP contribution < -0.4 is 20.1 Å². The lowest BCUT2D eigenvalue weighted by Crippen LogP contribution is -2.16. The molecular formula is C21H20FN3O3. The summed E-state index contributed by atoms with van der Waals surface area (Å²) in [6, 6.07) is 15.0. The van der Waals surface area contributed by atoms with Crippen LogP contribution in [0.2, 0.25) is 0 Å². The van der Waals surface area contributed by atoms with Gasteiger partial charge in [0.1, 0.15) is 23.1 Å². The molecule has 0 aliphatic rings. The fraction of sp³-hybridized carbons (Fsp3) is 0.143. The number of benzene rings is 2. The quantitative estimate of drug-likeness (QED) is 0.643. The van der Waals surface area contributed by atoms with Gasteiger partial charge in [0.2, 0.25) is 5.91 Å². The average Bonchev–Trinajstić information content (AvgIpc) is 2.71. The van der Waals surface area contributed by atoms with Crippen molar-refractivity contribution in [2.75, 3.05) is 24.9 Å². The highest BCUT2D eigenvalue weighted by molar-refractivity contribution is 5.91. The van der Waals surface area contributed by atoms with Gasteiger partial charge in [-0.15, -0.1) is 0 Å². The summed E-state index contributed by atoms with van der Waals surface area (Å²) in [4.78, 5) is 16.3. The van der Waals surface area contributed by atoms with E-state index in [0.29, 0.717) is 28.6 Å². The molecular weight excluding hydrogens is 361 g/mol. The smallest absolute Gasteiger partial charge is 0.230 e. The highest BCUT2D eigenvalue weighted by Crippen LogP contribution is 2.31. The molecule has 1 amide bonds. The summed E-state index contributed by atoms with van der Waals surface area (Å²) in [5.41, 5.74) is 1.77. The number of carbonyl (C=O) groups is 1. The SMILES string of the molecule is COc1ccc(OC)c(Nc2ccc(NC(=O)Cc3ccccc3F)nc2)c1. The lowest BCUT2D eigenvalue weighted by Gasteiger charge is -2.13. The minimum atomic E-state index is -0.405. The molecule has 0 radical (unpaired) electrons. The molecule has 0 atom stereocenters. The van der Waals surface area contributed by atoms with Gasteiger partial charge >= 0.3 is 0 Å². The lowest BCUT2D eigenvalue weighted by molar-refractivity contribution is -0.115. The summed E-state index contributed by atoms with van der Waals surface area (Å²) in [7, 11) is 3.17. The average molecular weight is 381 g/mol. The second-order valence-electron chi connectivity index (χ2n) is 5.94. The van der Waals surface area contributed by atoms with Gasteiger partial charge in [-0.3, -0.25) is 4.79 Å². The van der Waals surface area contributed by atoms with Crippen LogP contribution in [0.1, 0.15) is 5.56 Å². The van der Waals surface area contributed by atoms with Crippen molar-refractivity contribution in [3.8, 4) is 11.5 Å². The van der Waals surface area contributed by atoms with Crippen LogP contribution in [0.25, 0.3) is 0 Å². The summed E-state index contributed by atoms with van der Waals surface area (Å²) < 4.78 is 24.2. The summed E-state index contributed by atoms with van der Waals surface area (Å²) in [5, 5.41) is 5.86. The van der Waals surface area contributed by atoms with Crippen LogP contribution in [0.15, 0.2) is 60.8 Å². The maximum absolute atomic E-state index is 13.6. The molecule has 28 heavy (non-hydrogen) atoms. The molecule has 3 rings (SSSR count). The zero-order valence-electron chi connectivity index (χ0n) is 15.5. The maximum Gasteiger partial charge on any atom is 0.230 e. The number of aromatic nitrogens is 1. The summed E-state index contributed by atoms with van der Waals surface area (Å²) in [6.07, 6.45) is 1.52. The molecule has 1 aromatic heterocycles. The van der Waals surface area contributed by atoms with Crippen molar-refractivity contribution in [3.63, 3.8) is 0 Å². The Balaban J connectivity index is 1.65. The monoisotopic (exact) mass is 381 g/mol. The molecule has 2 N–H and O–H groups in total. The Labute approximate surface area is 162 Å². The molecule has 0 spiro atoms. The zero-order valence-corrected chi connectivity index (χ0v) is 15.5. The number of ether oxygens (including phenoxy) is 2. The van der Waals surface area contributed by atoms with Crippen LogP contribution in [0.5, 0.6) is 11.5 Å². The van der Waals surface area contributed by atoms with Gasteiger partial charge in [0.05, 0.1) is 38.2 Å². The zero-order chi connectivity index (χ0) is 19.9. The minimum Gasteiger partial charge on any atom is -0.497 e. The topological polar surface area (TPSA) is 72.5 Å². The number of anilines is 3. The molecule has 0 unspecified atom stereocenters. The Bertz CT molecular complexity index is 961. The second-order valence-corrected chi connectivity index (χ2v) is 5.94. The first-order valence-electron chi connectivity index (χ1n) is 8.57. The van der Waals surface area contributed by atoms with Crippen molar-refractivity contribution in [3.05, 3.63) is 72.2 Å². The number of hydrogen-bond donors (Lipinski definition) is 2. The van der Waals surface area contributed by atoms with Gasteiger partial charge < -0.3 is 20.1 Å². The van der Waals surface area contributed by atoms with Crippen molar-refractivity contribution in [2.45, 2.75) is 6.42 Å². The van der Waals surface area contributed by atoms with Gasteiger partial charge in [-0.25, -0.2) is 9.37 Å². The van der Waals surface area contributed by atoms with Crippen molar-refractivity contribution in [1.29, 1.82) is 0 Å². The molecule has 0 saturated heterocycles. The van der Waals surface area contributed by atoms with E-state index in [-0.39, 0.29) is 12.3 Å². The maximum atomic E-state index is 13.6. The predicted molar refractivity (Wildman–Crippen MR) is 106 cm³/mol. The normalized spacial score (nSPS) is 10.2. The number of nitrogens with one attached hydrogen (secondary N) is 2. The van der Waals surface area contributed by atoms with E-state index in [1.165, 1.54) is 6.07 Å². The van der Waals surface area contributed by atoms with Gasteiger partial charge in [0.25, 0.3) is 0 Å². The molecule has 3 aromatic rings. The van der Waals surface area contributed by atoms with Gasteiger partial charge in [-0.1, -0.05) is 18.2 Å². The third kappa shape index (κ3) is 4.76. The fourth-order valence-corrected chi connectivity index (χ4v) is 2.61. The highest BCUT2D eigenvalue weighted by atomic mass is 19.1. The third-order valence-electron chi connectivity index (χ3n) is 4.03. The Morgan fingerprint density at radius 1 is 1.07 bits per heavy atom. The summed E-state index contributed by atoms with van der Waals surface area (Å²) in [5.74, 6) is 0.978. The molecule has 7 heteroatoms. The first-order chi connectivity index (χ1) is 13.6. The van der Waals surface area contributed by atoms with E-state index in [9.17, 15) is 9.18 Å². The minimum absolute atomic E-state index is 0.0602. The van der Waals surface area contributed by atoms with Crippen molar-refractivity contribution in [1.82, 2.24) is 4.98 Å². The van der Waals surface area contributed by atoms with Crippen LogP contribution in [0.3, 0.4) is 0 Å². The Morgan fingerprint density at radius 3 is 2.57 bits per heavy atom. The number of methoxy groups -OCH3 is 2. The van der Waals surface area contributed by atoms with Gasteiger partial charge in [0.15, 0.2) is 0 Å². The van der Waals surface area contributed by atoms with E-state index in [4.69, 9.17) is 9.47 Å². The molecule has 0 saturated carbocycles. The number of pyridine rings is 1. The predicted octanol–water partition coefficient (Wildman–Crippen LogP) is 4.16. The molecule has 144 valence electrons. The third-order valence-corrected chi connectivity index (χ3v) is 4.03. The van der Waals surface area contributed by atoms with Crippen LogP contribution in [0.4, 0.5) is 21.6 Å². The highest BCUT2D eigenvalue weighted by Gasteiger charge is 2.09. The number of hydrogen-bond acceptors (Lipinski definition) is 5. The standard InChI is InChI=1S/C21H20FN3O3/c1-27-16-8-9-19(28-2)18(12-16)24-15-7-10-20(23-13-15)25-21(26)11-14-5-3-4-6-17(14)22/h3-10,12-13,24H,11H2,1-2H3,(H,23,25,26). The summed E-state index contributed by atoms with van der Waals surface area (Å²) >= 11 is 0. The Morgan fingerprint density at radius 2 is 1.89 bits per heavy atom. The van der Waals surface area contributed by atoms with Crippen LogP contribution in [-0.2, 0) is 11.2 Å². The molecule has 0 aliphatic heterocycles. The second kappa shape index (κ2) is 8.85. The summed E-state index contributed by atoms with van der Waals surface area (Å²) in [6.45, 7) is 0. The molecule has 0 bridgehead atoms. The Kier molecular flexibility index (Phi) is 6.06. The van der Waals surface area contributed by atoms with E-state index in [0.717, 1.165) is 5.69 Å². The molecule has 6 nitrogen and oxygen atoms in total. The van der Waals surface area contributed by atoms with E-state index in [1.807, 2.05) is 6.07 Å². The van der Waals surface area contributed by atoms with Crippen molar-refractivity contribution in [2.24, 2.45) is 0 Å². The molecule has 2 aromatic carbocycles. The van der Waals surface area contributed by atoms with E-state index >= 15 is 0 Å². The first kappa shape index (κ1) is 19.2. The number of amides is 1. The fourth-order valence-electron chi connectivity index (χ4n) is 2.61. The number of nitrogens with zero attached hydrogens (tertiary/aromatic N) is 1. The van der Waals surface area contributed by atoms with Crippen molar-refractivity contribution >= 4 is 23.1 Å². The number of carbonyl (C=O) groups excluding carboxylic acids is 1.